The van der Waals surface area contributed by atoms with Crippen molar-refractivity contribution in [2.45, 2.75) is 16.7 Å². The van der Waals surface area contributed by atoms with Crippen LogP contribution in [0.25, 0.3) is 21.8 Å². The van der Waals surface area contributed by atoms with Crippen LogP contribution in [0, 0.1) is 6.92 Å². The minimum Gasteiger partial charge on any atom is -0.396 e. The summed E-state index contributed by atoms with van der Waals surface area (Å²) in [4.78, 5) is 4.72. The topological polar surface area (TPSA) is 99.1 Å². The number of nitrogens with zero attached hydrogens (tertiary/aromatic N) is 1. The number of anilines is 2. The number of aryl methyl sites for hydroxylation is 1. The average Bonchev–Trinajstić information content (AvgIpc) is 2.63. The van der Waals surface area contributed by atoms with Gasteiger partial charge in [-0.05, 0) is 37.3 Å². The third-order valence-electron chi connectivity index (χ3n) is 4.49. The molecule has 26 heavy (non-hydrogen) atoms. The van der Waals surface area contributed by atoms with Gasteiger partial charge in [-0.1, -0.05) is 35.9 Å². The van der Waals surface area contributed by atoms with Gasteiger partial charge >= 0.3 is 0 Å². The molecule has 0 saturated carbocycles. The van der Waals surface area contributed by atoms with Gasteiger partial charge < -0.3 is 11.5 Å². The highest BCUT2D eigenvalue weighted by Gasteiger charge is 2.23. The zero-order chi connectivity index (χ0) is 18.5. The summed E-state index contributed by atoms with van der Waals surface area (Å²) in [6.45, 7) is 1.90. The fraction of sp³-hybridized carbons (Fsp3) is 0.0500. The van der Waals surface area contributed by atoms with Crippen LogP contribution in [0.15, 0.2) is 70.5 Å². The van der Waals surface area contributed by atoms with E-state index < -0.39 is 9.84 Å². The molecule has 4 aromatic rings. The highest BCUT2D eigenvalue weighted by molar-refractivity contribution is 7.91. The van der Waals surface area contributed by atoms with Gasteiger partial charge in [0.2, 0.25) is 9.84 Å². The lowest BCUT2D eigenvalue weighted by Gasteiger charge is -2.13. The molecule has 0 unspecified atom stereocenters. The van der Waals surface area contributed by atoms with Crippen molar-refractivity contribution in [1.82, 2.24) is 4.98 Å². The van der Waals surface area contributed by atoms with E-state index in [2.05, 4.69) is 4.98 Å². The molecule has 130 valence electrons. The van der Waals surface area contributed by atoms with Gasteiger partial charge in [0.25, 0.3) is 0 Å². The van der Waals surface area contributed by atoms with E-state index in [9.17, 15) is 8.42 Å². The van der Waals surface area contributed by atoms with Crippen LogP contribution >= 0.6 is 0 Å². The highest BCUT2D eigenvalue weighted by Crippen LogP contribution is 2.36. The smallest absolute Gasteiger partial charge is 0.208 e. The molecule has 4 N–H and O–H groups in total. The maximum Gasteiger partial charge on any atom is 0.208 e. The minimum absolute atomic E-state index is 0.0193. The van der Waals surface area contributed by atoms with Crippen LogP contribution in [0.2, 0.25) is 0 Å². The molecule has 0 bridgehead atoms. The number of fused-ring (bicyclic) bond motifs is 2. The van der Waals surface area contributed by atoms with Crippen molar-refractivity contribution in [3.05, 3.63) is 66.2 Å². The van der Waals surface area contributed by atoms with Gasteiger partial charge in [-0.3, -0.25) is 0 Å². The quantitative estimate of drug-likeness (QED) is 0.418. The molecule has 0 radical (unpaired) electrons. The molecule has 3 aromatic carbocycles. The van der Waals surface area contributed by atoms with Gasteiger partial charge in [-0.25, -0.2) is 13.4 Å². The summed E-state index contributed by atoms with van der Waals surface area (Å²) >= 11 is 0. The third-order valence-corrected chi connectivity index (χ3v) is 6.30. The van der Waals surface area contributed by atoms with Gasteiger partial charge in [0.05, 0.1) is 32.2 Å². The summed E-state index contributed by atoms with van der Waals surface area (Å²) in [6.07, 6.45) is 0. The number of benzene rings is 3. The summed E-state index contributed by atoms with van der Waals surface area (Å²) < 4.78 is 26.1. The van der Waals surface area contributed by atoms with Gasteiger partial charge in [-0.2, -0.15) is 0 Å². The highest BCUT2D eigenvalue weighted by atomic mass is 32.2. The Labute approximate surface area is 151 Å². The van der Waals surface area contributed by atoms with Crippen LogP contribution in [-0.2, 0) is 9.84 Å². The lowest BCUT2D eigenvalue weighted by atomic mass is 10.1. The Balaban J connectivity index is 2.02. The Morgan fingerprint density at radius 1 is 0.846 bits per heavy atom. The lowest BCUT2D eigenvalue weighted by Crippen LogP contribution is -2.08. The molecule has 5 nitrogen and oxygen atoms in total. The largest absolute Gasteiger partial charge is 0.396 e. The van der Waals surface area contributed by atoms with Crippen molar-refractivity contribution in [3.8, 4) is 0 Å². The van der Waals surface area contributed by atoms with Crippen molar-refractivity contribution in [1.29, 1.82) is 0 Å². The van der Waals surface area contributed by atoms with Crippen molar-refractivity contribution >= 4 is 43.0 Å². The van der Waals surface area contributed by atoms with Gasteiger partial charge in [0.1, 0.15) is 0 Å². The van der Waals surface area contributed by atoms with Crippen molar-refractivity contribution < 1.29 is 8.42 Å². The fourth-order valence-electron chi connectivity index (χ4n) is 3.00. The van der Waals surface area contributed by atoms with E-state index in [-0.39, 0.29) is 21.2 Å². The number of rotatable bonds is 2. The monoisotopic (exact) mass is 363 g/mol. The predicted molar refractivity (Wildman–Crippen MR) is 105 cm³/mol. The first-order chi connectivity index (χ1) is 12.4. The molecular weight excluding hydrogens is 346 g/mol. The third kappa shape index (κ3) is 2.46. The molecule has 0 atom stereocenters. The molecule has 4 rings (SSSR count). The summed E-state index contributed by atoms with van der Waals surface area (Å²) in [6, 6.07) is 17.6. The molecule has 0 aliphatic carbocycles. The molecule has 1 heterocycles. The molecular formula is C20H17N3O2S. The Morgan fingerprint density at radius 2 is 1.54 bits per heavy atom. The molecule has 0 fully saturated rings. The Morgan fingerprint density at radius 3 is 2.27 bits per heavy atom. The van der Waals surface area contributed by atoms with Gasteiger partial charge in [0.15, 0.2) is 0 Å². The number of pyridine rings is 1. The second kappa shape index (κ2) is 5.71. The van der Waals surface area contributed by atoms with Crippen LogP contribution in [0.1, 0.15) is 5.56 Å². The van der Waals surface area contributed by atoms with E-state index in [0.29, 0.717) is 10.9 Å². The zero-order valence-corrected chi connectivity index (χ0v) is 14.9. The number of nitrogens with two attached hydrogens (primary N) is 2. The second-order valence-electron chi connectivity index (χ2n) is 6.27. The van der Waals surface area contributed by atoms with Crippen LogP contribution in [0.4, 0.5) is 11.4 Å². The first kappa shape index (κ1) is 16.4. The Hall–Kier alpha value is -3.12. The van der Waals surface area contributed by atoms with Crippen LogP contribution in [0.5, 0.6) is 0 Å². The molecule has 0 spiro atoms. The van der Waals surface area contributed by atoms with Crippen LogP contribution in [0.3, 0.4) is 0 Å². The van der Waals surface area contributed by atoms with E-state index in [4.69, 9.17) is 11.5 Å². The molecule has 6 heteroatoms. The predicted octanol–water partition coefficient (Wildman–Crippen LogP) is 3.69. The second-order valence-corrected chi connectivity index (χ2v) is 8.18. The van der Waals surface area contributed by atoms with Crippen LogP contribution in [-0.4, -0.2) is 13.4 Å². The summed E-state index contributed by atoms with van der Waals surface area (Å²) in [5.41, 5.74) is 14.8. The Bertz CT molecular complexity index is 1260. The maximum atomic E-state index is 13.1. The zero-order valence-electron chi connectivity index (χ0n) is 14.1. The number of hydrogen-bond donors (Lipinski definition) is 2. The maximum absolute atomic E-state index is 13.1. The Kier molecular flexibility index (Phi) is 3.59. The van der Waals surface area contributed by atoms with E-state index in [1.165, 1.54) is 6.07 Å². The number of aromatic nitrogens is 1. The summed E-state index contributed by atoms with van der Waals surface area (Å²) in [5.74, 6) is 0. The molecule has 0 aliphatic rings. The van der Waals surface area contributed by atoms with Gasteiger partial charge in [0, 0.05) is 10.8 Å². The normalized spacial score (nSPS) is 11.9. The van der Waals surface area contributed by atoms with Crippen molar-refractivity contribution in [2.75, 3.05) is 11.5 Å². The van der Waals surface area contributed by atoms with Crippen molar-refractivity contribution in [2.24, 2.45) is 0 Å². The lowest BCUT2D eigenvalue weighted by molar-refractivity contribution is 0.596. The molecule has 0 aliphatic heterocycles. The molecule has 0 saturated heterocycles. The number of para-hydroxylation sites is 1. The van der Waals surface area contributed by atoms with E-state index in [1.807, 2.05) is 37.3 Å². The minimum atomic E-state index is -3.80. The first-order valence-corrected chi connectivity index (χ1v) is 9.55. The van der Waals surface area contributed by atoms with Gasteiger partial charge in [-0.15, -0.1) is 0 Å². The SMILES string of the molecule is Cc1ccc(S(=O)(=O)c2cc3nc4ccccc4cc3c(N)c2N)cc1. The summed E-state index contributed by atoms with van der Waals surface area (Å²) in [5, 5.41) is 1.56. The molecule has 0 amide bonds. The molecule has 1 aromatic heterocycles. The van der Waals surface area contributed by atoms with Crippen molar-refractivity contribution in [3.63, 3.8) is 0 Å². The average molecular weight is 363 g/mol. The fourth-order valence-corrected chi connectivity index (χ4v) is 4.42. The number of sulfone groups is 1. The number of nitrogen functional groups attached to an aromatic ring is 2. The standard InChI is InChI=1S/C20H17N3O2S/c1-12-6-8-14(9-7-12)26(24,25)18-11-17-15(19(21)20(18)22)10-13-4-2-3-5-16(13)23-17/h2-11H,21-22H2,1H3. The summed E-state index contributed by atoms with van der Waals surface area (Å²) in [7, 11) is -3.80. The van der Waals surface area contributed by atoms with E-state index >= 15 is 0 Å². The van der Waals surface area contributed by atoms with E-state index in [1.54, 1.807) is 24.3 Å². The van der Waals surface area contributed by atoms with Crippen LogP contribution < -0.4 is 11.5 Å². The van der Waals surface area contributed by atoms with E-state index in [0.717, 1.165) is 16.5 Å². The number of hydrogen-bond acceptors (Lipinski definition) is 5. The first-order valence-electron chi connectivity index (χ1n) is 8.07.